The molecule has 0 aliphatic heterocycles. The second kappa shape index (κ2) is 6.93. The predicted molar refractivity (Wildman–Crippen MR) is 91.3 cm³/mol. The van der Waals surface area contributed by atoms with Gasteiger partial charge in [-0.25, -0.2) is 0 Å². The Morgan fingerprint density at radius 1 is 1.09 bits per heavy atom. The number of benzene rings is 2. The molecule has 0 radical (unpaired) electrons. The van der Waals surface area contributed by atoms with E-state index in [4.69, 9.17) is 10.00 Å². The van der Waals surface area contributed by atoms with Crippen molar-refractivity contribution >= 4 is 10.8 Å². The van der Waals surface area contributed by atoms with Crippen molar-refractivity contribution in [2.45, 2.75) is 25.9 Å². The Labute approximate surface area is 136 Å². The number of fused-ring (bicyclic) bond motifs is 1. The molecule has 0 aliphatic carbocycles. The highest BCUT2D eigenvalue weighted by Gasteiger charge is 2.07. The van der Waals surface area contributed by atoms with Gasteiger partial charge in [-0.1, -0.05) is 43.3 Å². The monoisotopic (exact) mass is 302 g/mol. The van der Waals surface area contributed by atoms with Crippen LogP contribution in [0.1, 0.15) is 24.6 Å². The first-order valence-corrected chi connectivity index (χ1v) is 7.78. The van der Waals surface area contributed by atoms with Crippen molar-refractivity contribution in [2.24, 2.45) is 0 Å². The van der Waals surface area contributed by atoms with Crippen molar-refractivity contribution in [1.29, 1.82) is 5.26 Å². The smallest absolute Gasteiger partial charge is 0.184 e. The fraction of sp³-hybridized carbons (Fsp3) is 0.200. The number of hydrogen-bond donors (Lipinski definition) is 0. The van der Waals surface area contributed by atoms with Gasteiger partial charge < -0.3 is 4.74 Å². The van der Waals surface area contributed by atoms with Crippen LogP contribution in [0.2, 0.25) is 0 Å². The lowest BCUT2D eigenvalue weighted by Gasteiger charge is -2.11. The maximum absolute atomic E-state index is 8.95. The topological polar surface area (TPSA) is 45.9 Å². The van der Waals surface area contributed by atoms with E-state index >= 15 is 0 Å². The molecule has 0 amide bonds. The van der Waals surface area contributed by atoms with Crippen LogP contribution in [0.4, 0.5) is 0 Å². The Morgan fingerprint density at radius 2 is 1.87 bits per heavy atom. The summed E-state index contributed by atoms with van der Waals surface area (Å²) >= 11 is 0. The fourth-order valence-corrected chi connectivity index (χ4v) is 2.57. The molecule has 1 atom stereocenters. The lowest BCUT2D eigenvalue weighted by Crippen LogP contribution is -2.12. The van der Waals surface area contributed by atoms with Gasteiger partial charge in [0.15, 0.2) is 6.10 Å². The highest BCUT2D eigenvalue weighted by molar-refractivity contribution is 5.84. The van der Waals surface area contributed by atoms with E-state index in [1.54, 1.807) is 0 Å². The van der Waals surface area contributed by atoms with Crippen LogP contribution in [0.3, 0.4) is 0 Å². The van der Waals surface area contributed by atoms with E-state index in [0.29, 0.717) is 6.42 Å². The van der Waals surface area contributed by atoms with Crippen molar-refractivity contribution in [2.75, 3.05) is 0 Å². The number of hydrogen-bond acceptors (Lipinski definition) is 3. The lowest BCUT2D eigenvalue weighted by molar-refractivity contribution is 0.252. The molecule has 0 saturated carbocycles. The standard InChI is InChI=1S/C20H18N2O/c1-2-17(14-21)23-18-9-7-15(8-10-18)13-20-19-6-4-3-5-16(19)11-12-22-20/h3-12,17H,2,13H2,1H3. The quantitative estimate of drug-likeness (QED) is 0.696. The highest BCUT2D eigenvalue weighted by Crippen LogP contribution is 2.21. The minimum Gasteiger partial charge on any atom is -0.476 e. The molecule has 23 heavy (non-hydrogen) atoms. The van der Waals surface area contributed by atoms with Gasteiger partial charge in [-0.05, 0) is 35.6 Å². The Balaban J connectivity index is 1.79. The number of aromatic nitrogens is 1. The summed E-state index contributed by atoms with van der Waals surface area (Å²) in [5.41, 5.74) is 2.24. The third-order valence-electron chi connectivity index (χ3n) is 3.84. The normalized spacial score (nSPS) is 11.8. The molecule has 0 spiro atoms. The second-order valence-electron chi connectivity index (χ2n) is 5.44. The molecule has 0 aliphatic rings. The van der Waals surface area contributed by atoms with E-state index in [0.717, 1.165) is 17.9 Å². The Kier molecular flexibility index (Phi) is 4.54. The SMILES string of the molecule is CCC(C#N)Oc1ccc(Cc2nccc3ccccc23)cc1. The third kappa shape index (κ3) is 3.49. The van der Waals surface area contributed by atoms with E-state index in [1.807, 2.05) is 55.6 Å². The zero-order valence-corrected chi connectivity index (χ0v) is 13.1. The number of ether oxygens (including phenoxy) is 1. The van der Waals surface area contributed by atoms with Crippen molar-refractivity contribution in [3.05, 3.63) is 72.1 Å². The van der Waals surface area contributed by atoms with Crippen molar-refractivity contribution in [3.63, 3.8) is 0 Å². The van der Waals surface area contributed by atoms with Crippen molar-refractivity contribution in [3.8, 4) is 11.8 Å². The van der Waals surface area contributed by atoms with Gasteiger partial charge in [-0.3, -0.25) is 4.98 Å². The van der Waals surface area contributed by atoms with Crippen molar-refractivity contribution in [1.82, 2.24) is 4.98 Å². The van der Waals surface area contributed by atoms with E-state index in [-0.39, 0.29) is 6.10 Å². The fourth-order valence-electron chi connectivity index (χ4n) is 2.57. The van der Waals surface area contributed by atoms with E-state index in [2.05, 4.69) is 23.2 Å². The summed E-state index contributed by atoms with van der Waals surface area (Å²) in [5.74, 6) is 0.730. The van der Waals surface area contributed by atoms with Crippen LogP contribution in [-0.4, -0.2) is 11.1 Å². The van der Waals surface area contributed by atoms with Gasteiger partial charge in [0.05, 0.1) is 5.69 Å². The first-order chi connectivity index (χ1) is 11.3. The molecule has 0 bridgehead atoms. The Bertz CT molecular complexity index is 829. The van der Waals surface area contributed by atoms with Gasteiger partial charge in [0, 0.05) is 18.0 Å². The maximum Gasteiger partial charge on any atom is 0.184 e. The highest BCUT2D eigenvalue weighted by atomic mass is 16.5. The summed E-state index contributed by atoms with van der Waals surface area (Å²) < 4.78 is 5.61. The summed E-state index contributed by atoms with van der Waals surface area (Å²) in [5, 5.41) is 11.3. The van der Waals surface area contributed by atoms with Crippen LogP contribution in [-0.2, 0) is 6.42 Å². The molecular formula is C20H18N2O. The van der Waals surface area contributed by atoms with Crippen LogP contribution in [0.15, 0.2) is 60.8 Å². The molecule has 114 valence electrons. The molecule has 3 aromatic rings. The zero-order chi connectivity index (χ0) is 16.1. The van der Waals surface area contributed by atoms with Gasteiger partial charge >= 0.3 is 0 Å². The molecule has 0 N–H and O–H groups in total. The van der Waals surface area contributed by atoms with Gasteiger partial charge in [0.1, 0.15) is 11.8 Å². The number of pyridine rings is 1. The van der Waals surface area contributed by atoms with Crippen LogP contribution in [0, 0.1) is 11.3 Å². The Morgan fingerprint density at radius 3 is 2.61 bits per heavy atom. The zero-order valence-electron chi connectivity index (χ0n) is 13.1. The molecule has 2 aromatic carbocycles. The van der Waals surface area contributed by atoms with E-state index in [1.165, 1.54) is 16.3 Å². The third-order valence-corrected chi connectivity index (χ3v) is 3.84. The predicted octanol–water partition coefficient (Wildman–Crippen LogP) is 4.51. The molecule has 3 nitrogen and oxygen atoms in total. The molecular weight excluding hydrogens is 284 g/mol. The van der Waals surface area contributed by atoms with Gasteiger partial charge in [0.25, 0.3) is 0 Å². The molecule has 3 rings (SSSR count). The van der Waals surface area contributed by atoms with Crippen molar-refractivity contribution < 1.29 is 4.74 Å². The van der Waals surface area contributed by atoms with Gasteiger partial charge in [0.2, 0.25) is 0 Å². The van der Waals surface area contributed by atoms with Gasteiger partial charge in [-0.2, -0.15) is 5.26 Å². The minimum atomic E-state index is -0.388. The number of nitrogens with zero attached hydrogens (tertiary/aromatic N) is 2. The first-order valence-electron chi connectivity index (χ1n) is 7.78. The first kappa shape index (κ1) is 15.1. The van der Waals surface area contributed by atoms with Crippen LogP contribution in [0.25, 0.3) is 10.8 Å². The molecule has 0 saturated heterocycles. The minimum absolute atomic E-state index is 0.388. The Hall–Kier alpha value is -2.86. The van der Waals surface area contributed by atoms with Gasteiger partial charge in [-0.15, -0.1) is 0 Å². The average molecular weight is 302 g/mol. The molecule has 1 aromatic heterocycles. The summed E-state index contributed by atoms with van der Waals surface area (Å²) in [6, 6.07) is 20.4. The number of nitriles is 1. The lowest BCUT2D eigenvalue weighted by atomic mass is 10.0. The van der Waals surface area contributed by atoms with Crippen LogP contribution in [0.5, 0.6) is 5.75 Å². The molecule has 1 heterocycles. The van der Waals surface area contributed by atoms with Crippen LogP contribution < -0.4 is 4.74 Å². The number of rotatable bonds is 5. The average Bonchev–Trinajstić information content (AvgIpc) is 2.61. The summed E-state index contributed by atoms with van der Waals surface area (Å²) in [7, 11) is 0. The molecule has 1 unspecified atom stereocenters. The largest absolute Gasteiger partial charge is 0.476 e. The molecule has 0 fully saturated rings. The summed E-state index contributed by atoms with van der Waals surface area (Å²) in [6.45, 7) is 1.94. The summed E-state index contributed by atoms with van der Waals surface area (Å²) in [6.07, 6.45) is 2.92. The van der Waals surface area contributed by atoms with Crippen LogP contribution >= 0.6 is 0 Å². The molecule has 3 heteroatoms. The maximum atomic E-state index is 8.95. The van der Waals surface area contributed by atoms with E-state index < -0.39 is 0 Å². The van der Waals surface area contributed by atoms with E-state index in [9.17, 15) is 0 Å². The summed E-state index contributed by atoms with van der Waals surface area (Å²) in [4.78, 5) is 4.53. The second-order valence-corrected chi connectivity index (χ2v) is 5.44.